The Morgan fingerprint density at radius 1 is 1.26 bits per heavy atom. The Balaban J connectivity index is 2.18. The molecule has 1 aromatic heterocycles. The molecule has 1 heterocycles. The highest BCUT2D eigenvalue weighted by Gasteiger charge is 2.24. The summed E-state index contributed by atoms with van der Waals surface area (Å²) in [6, 6.07) is 8.31. The van der Waals surface area contributed by atoms with Crippen LogP contribution < -0.4 is 0 Å². The molecule has 1 atom stereocenters. The number of aromatic nitrogens is 1. The van der Waals surface area contributed by atoms with Crippen molar-refractivity contribution in [3.8, 4) is 5.88 Å². The summed E-state index contributed by atoms with van der Waals surface area (Å²) < 4.78 is 6.21. The van der Waals surface area contributed by atoms with E-state index >= 15 is 0 Å². The summed E-state index contributed by atoms with van der Waals surface area (Å²) in [5, 5.41) is 23.3. The summed E-state index contributed by atoms with van der Waals surface area (Å²) in [7, 11) is 1.26. The van der Waals surface area contributed by atoms with Crippen LogP contribution >= 0.6 is 23.2 Å². The molecule has 1 N–H and O–H groups in total. The third-order valence-electron chi connectivity index (χ3n) is 4.20. The monoisotopic (exact) mass is 408 g/mol. The van der Waals surface area contributed by atoms with Gasteiger partial charge in [-0.2, -0.15) is 0 Å². The highest BCUT2D eigenvalue weighted by Crippen LogP contribution is 2.37. The van der Waals surface area contributed by atoms with E-state index in [-0.39, 0.29) is 18.0 Å². The van der Waals surface area contributed by atoms with E-state index in [1.807, 2.05) is 0 Å². The second-order valence-corrected chi connectivity index (χ2v) is 6.76. The van der Waals surface area contributed by atoms with Gasteiger partial charge < -0.3 is 14.4 Å². The lowest BCUT2D eigenvalue weighted by Gasteiger charge is -2.20. The molecule has 3 rings (SSSR count). The van der Waals surface area contributed by atoms with Crippen LogP contribution in [0.15, 0.2) is 42.6 Å². The number of nitro groups is 1. The quantitative estimate of drug-likeness (QED) is 0.374. The summed E-state index contributed by atoms with van der Waals surface area (Å²) in [5.74, 6) is -0.710. The number of carbonyl (C=O) groups is 1. The van der Waals surface area contributed by atoms with Crippen molar-refractivity contribution in [2.75, 3.05) is 7.11 Å². The van der Waals surface area contributed by atoms with E-state index in [9.17, 15) is 20.0 Å². The summed E-state index contributed by atoms with van der Waals surface area (Å²) in [6.07, 6.45) is 1.51. The first kappa shape index (κ1) is 19.0. The van der Waals surface area contributed by atoms with Crippen LogP contribution in [-0.2, 0) is 9.53 Å². The molecule has 0 aliphatic carbocycles. The van der Waals surface area contributed by atoms with Gasteiger partial charge in [0.15, 0.2) is 5.88 Å². The third kappa shape index (κ3) is 3.84. The van der Waals surface area contributed by atoms with Crippen LogP contribution in [0.3, 0.4) is 0 Å². The zero-order valence-corrected chi connectivity index (χ0v) is 15.6. The largest absolute Gasteiger partial charge is 0.494 e. The molecule has 1 unspecified atom stereocenters. The van der Waals surface area contributed by atoms with Crippen molar-refractivity contribution in [1.82, 2.24) is 4.57 Å². The van der Waals surface area contributed by atoms with E-state index in [4.69, 9.17) is 27.9 Å². The number of esters is 1. The number of nitrogens with zero attached hydrogens (tertiary/aromatic N) is 2. The van der Waals surface area contributed by atoms with Crippen LogP contribution in [0.2, 0.25) is 10.0 Å². The van der Waals surface area contributed by atoms with Crippen LogP contribution in [0.25, 0.3) is 10.8 Å². The van der Waals surface area contributed by atoms with Gasteiger partial charge in [-0.1, -0.05) is 23.2 Å². The van der Waals surface area contributed by atoms with Gasteiger partial charge in [-0.15, -0.1) is 0 Å². The highest BCUT2D eigenvalue weighted by molar-refractivity contribution is 6.34. The number of halogens is 2. The van der Waals surface area contributed by atoms with Gasteiger partial charge in [0.05, 0.1) is 29.9 Å². The van der Waals surface area contributed by atoms with Gasteiger partial charge in [0.2, 0.25) is 0 Å². The molecule has 0 fully saturated rings. The maximum atomic E-state index is 11.9. The first-order chi connectivity index (χ1) is 12.8. The minimum atomic E-state index is -0.667. The number of rotatable bonds is 5. The van der Waals surface area contributed by atoms with E-state index in [1.54, 1.807) is 24.4 Å². The van der Waals surface area contributed by atoms with Crippen molar-refractivity contribution < 1.29 is 19.6 Å². The molecule has 0 saturated heterocycles. The number of aromatic hydroxyl groups is 1. The summed E-state index contributed by atoms with van der Waals surface area (Å²) in [6.45, 7) is 0. The Hall–Kier alpha value is -2.77. The number of hydrogen-bond donors (Lipinski definition) is 1. The Morgan fingerprint density at radius 3 is 2.52 bits per heavy atom. The first-order valence-electron chi connectivity index (χ1n) is 7.81. The smallest absolute Gasteiger partial charge is 0.307 e. The minimum absolute atomic E-state index is 0.0934. The lowest BCUT2D eigenvalue weighted by atomic mass is 10.0. The van der Waals surface area contributed by atoms with Crippen molar-refractivity contribution in [2.45, 2.75) is 12.5 Å². The fraction of sp³-hybridized carbons (Fsp3) is 0.167. The van der Waals surface area contributed by atoms with Gasteiger partial charge >= 0.3 is 5.97 Å². The number of carbonyl (C=O) groups excluding carboxylic acids is 1. The summed E-state index contributed by atoms with van der Waals surface area (Å²) in [5.41, 5.74) is 0.439. The van der Waals surface area contributed by atoms with Crippen LogP contribution in [-0.4, -0.2) is 27.7 Å². The molecule has 7 nitrogen and oxygen atoms in total. The SMILES string of the molecule is COC(=O)CC(c1cc(Cl)cc(Cl)c1)n1cc2ccc([N+](=O)[O-])cc2c1O. The van der Waals surface area contributed by atoms with Crippen molar-refractivity contribution in [1.29, 1.82) is 0 Å². The molecule has 0 spiro atoms. The van der Waals surface area contributed by atoms with Crippen LogP contribution in [0.1, 0.15) is 18.0 Å². The number of nitro benzene ring substituents is 1. The molecule has 0 bridgehead atoms. The zero-order chi connectivity index (χ0) is 19.7. The summed E-state index contributed by atoms with van der Waals surface area (Å²) >= 11 is 12.2. The molecule has 9 heteroatoms. The van der Waals surface area contributed by atoms with Crippen molar-refractivity contribution >= 4 is 45.6 Å². The normalized spacial score (nSPS) is 12.1. The van der Waals surface area contributed by atoms with Gasteiger partial charge in [-0.3, -0.25) is 14.9 Å². The second kappa shape index (κ2) is 7.46. The predicted molar refractivity (Wildman–Crippen MR) is 101 cm³/mol. The number of non-ortho nitro benzene ring substituents is 1. The highest BCUT2D eigenvalue weighted by atomic mass is 35.5. The van der Waals surface area contributed by atoms with Crippen molar-refractivity contribution in [3.05, 3.63) is 68.3 Å². The summed E-state index contributed by atoms with van der Waals surface area (Å²) in [4.78, 5) is 22.4. The van der Waals surface area contributed by atoms with Gasteiger partial charge in [0.1, 0.15) is 0 Å². The molecule has 2 aromatic carbocycles. The zero-order valence-electron chi connectivity index (χ0n) is 14.1. The molecule has 0 aliphatic heterocycles. The van der Waals surface area contributed by atoms with Crippen molar-refractivity contribution in [2.24, 2.45) is 0 Å². The second-order valence-electron chi connectivity index (χ2n) is 5.89. The number of methoxy groups -OCH3 is 1. The standard InChI is InChI=1S/C18H14Cl2N2O5/c1-27-17(23)8-16(11-4-12(19)6-13(20)5-11)21-9-10-2-3-14(22(25)26)7-15(10)18(21)24/h2-7,9,16,24H,8H2,1H3. The molecule has 0 aliphatic rings. The maximum Gasteiger partial charge on any atom is 0.307 e. The van der Waals surface area contributed by atoms with Gasteiger partial charge in [0.25, 0.3) is 5.69 Å². The number of fused-ring (bicyclic) bond motifs is 1. The third-order valence-corrected chi connectivity index (χ3v) is 4.64. The van der Waals surface area contributed by atoms with Crippen LogP contribution in [0, 0.1) is 10.1 Å². The lowest BCUT2D eigenvalue weighted by Crippen LogP contribution is -2.15. The molecule has 3 aromatic rings. The average molecular weight is 409 g/mol. The molecule has 0 saturated carbocycles. The average Bonchev–Trinajstić information content (AvgIpc) is 2.94. The van der Waals surface area contributed by atoms with Gasteiger partial charge in [-0.05, 0) is 29.8 Å². The van der Waals surface area contributed by atoms with E-state index in [2.05, 4.69) is 0 Å². The van der Waals surface area contributed by atoms with Crippen molar-refractivity contribution in [3.63, 3.8) is 0 Å². The maximum absolute atomic E-state index is 11.9. The molecule has 0 radical (unpaired) electrons. The van der Waals surface area contributed by atoms with E-state index in [1.165, 1.54) is 29.9 Å². The predicted octanol–water partition coefficient (Wildman–Crippen LogP) is 4.71. The van der Waals surface area contributed by atoms with E-state index in [0.29, 0.717) is 26.4 Å². The van der Waals surface area contributed by atoms with Crippen LogP contribution in [0.4, 0.5) is 5.69 Å². The Kier molecular flexibility index (Phi) is 5.25. The molecular formula is C18H14Cl2N2O5. The van der Waals surface area contributed by atoms with E-state index in [0.717, 1.165) is 0 Å². The Bertz CT molecular complexity index is 1030. The Labute approximate surface area is 163 Å². The fourth-order valence-electron chi connectivity index (χ4n) is 2.94. The van der Waals surface area contributed by atoms with Gasteiger partial charge in [-0.25, -0.2) is 0 Å². The molecular weight excluding hydrogens is 395 g/mol. The molecule has 27 heavy (non-hydrogen) atoms. The number of ether oxygens (including phenoxy) is 1. The number of hydrogen-bond acceptors (Lipinski definition) is 5. The van der Waals surface area contributed by atoms with Crippen LogP contribution in [0.5, 0.6) is 5.88 Å². The lowest BCUT2D eigenvalue weighted by molar-refractivity contribution is -0.384. The van der Waals surface area contributed by atoms with E-state index < -0.39 is 16.9 Å². The van der Waals surface area contributed by atoms with Gasteiger partial charge in [0, 0.05) is 33.8 Å². The molecule has 0 amide bonds. The molecule has 140 valence electrons. The Morgan fingerprint density at radius 2 is 1.93 bits per heavy atom. The number of benzene rings is 2. The minimum Gasteiger partial charge on any atom is -0.494 e. The topological polar surface area (TPSA) is 94.6 Å². The fourth-order valence-corrected chi connectivity index (χ4v) is 3.48. The first-order valence-corrected chi connectivity index (χ1v) is 8.56.